The van der Waals surface area contributed by atoms with E-state index < -0.39 is 23.0 Å². The van der Waals surface area contributed by atoms with Gasteiger partial charge in [-0.3, -0.25) is 24.4 Å². The fraction of sp³-hybridized carbons (Fsp3) is 0.574. The molecule has 0 spiro atoms. The van der Waals surface area contributed by atoms with Gasteiger partial charge < -0.3 is 35.5 Å². The van der Waals surface area contributed by atoms with Crippen LogP contribution < -0.4 is 10.6 Å². The van der Waals surface area contributed by atoms with Gasteiger partial charge in [0.25, 0.3) is 11.8 Å². The van der Waals surface area contributed by atoms with Crippen LogP contribution in [0.25, 0.3) is 0 Å². The van der Waals surface area contributed by atoms with Crippen LogP contribution in [0.3, 0.4) is 0 Å². The van der Waals surface area contributed by atoms with Crippen molar-refractivity contribution in [1.82, 2.24) is 20.6 Å². The Balaban J connectivity index is 0.000000213. The number of methoxy groups -OCH3 is 1. The third-order valence-electron chi connectivity index (χ3n) is 12.2. The molecule has 4 unspecified atom stereocenters. The van der Waals surface area contributed by atoms with E-state index in [1.165, 1.54) is 38.0 Å². The highest BCUT2D eigenvalue weighted by atomic mass is 32.2. The number of aromatic nitrogens is 2. The first-order valence-electron chi connectivity index (χ1n) is 22.2. The maximum absolute atomic E-state index is 12.6. The molecule has 17 nitrogen and oxygen atoms in total. The normalized spacial score (nSPS) is 23.2. The van der Waals surface area contributed by atoms with Crippen LogP contribution in [0.1, 0.15) is 144 Å². The van der Waals surface area contributed by atoms with E-state index in [-0.39, 0.29) is 76.0 Å². The Kier molecular flexibility index (Phi) is 18.5. The molecular formula is C47H65N7O10S. The number of aryl methyl sites for hydroxylation is 1. The second-order valence-corrected chi connectivity index (χ2v) is 18.6. The molecule has 0 radical (unpaired) electrons. The smallest absolute Gasteiger partial charge is 0.338 e. The molecule has 2 aromatic heterocycles. The predicted octanol–water partition coefficient (Wildman–Crippen LogP) is 6.96. The number of ketones is 1. The first-order valence-corrected chi connectivity index (χ1v) is 23.4. The molecule has 0 saturated carbocycles. The molecule has 4 atom stereocenters. The summed E-state index contributed by atoms with van der Waals surface area (Å²) in [6.07, 6.45) is 8.92. The van der Waals surface area contributed by atoms with Crippen molar-refractivity contribution in [3.63, 3.8) is 0 Å². The van der Waals surface area contributed by atoms with E-state index >= 15 is 0 Å². The van der Waals surface area contributed by atoms with Crippen LogP contribution in [0.4, 0.5) is 0 Å². The average molecular weight is 920 g/mol. The monoisotopic (exact) mass is 919 g/mol. The van der Waals surface area contributed by atoms with Crippen LogP contribution in [0.5, 0.6) is 0 Å². The number of thioether (sulfide) groups is 1. The molecule has 2 aromatic rings. The Morgan fingerprint density at radius 3 is 1.82 bits per heavy atom. The van der Waals surface area contributed by atoms with Gasteiger partial charge in [-0.2, -0.15) is 11.8 Å². The molecule has 65 heavy (non-hydrogen) atoms. The maximum Gasteiger partial charge on any atom is 0.338 e. The number of nitrogens with one attached hydrogen (secondary N) is 2. The van der Waals surface area contributed by atoms with E-state index in [4.69, 9.17) is 9.57 Å². The molecule has 1 fully saturated rings. The number of amidine groups is 2. The van der Waals surface area contributed by atoms with Gasteiger partial charge in [0.2, 0.25) is 0 Å². The number of oxime groups is 1. The number of Topliss-reactive ketones (excluding diaryl/α,β-unsaturated/α-hetero) is 1. The summed E-state index contributed by atoms with van der Waals surface area (Å²) in [5.41, 5.74) is 1.10. The zero-order valence-corrected chi connectivity index (χ0v) is 40.1. The van der Waals surface area contributed by atoms with E-state index in [0.29, 0.717) is 61.0 Å². The van der Waals surface area contributed by atoms with Gasteiger partial charge >= 0.3 is 11.9 Å². The summed E-state index contributed by atoms with van der Waals surface area (Å²) in [7, 11) is 1.52. The summed E-state index contributed by atoms with van der Waals surface area (Å²) in [5.74, 6) is 1.17. The van der Waals surface area contributed by atoms with E-state index in [0.717, 1.165) is 17.7 Å². The minimum Gasteiger partial charge on any atom is -0.511 e. The van der Waals surface area contributed by atoms with Gasteiger partial charge in [0.1, 0.15) is 34.8 Å². The number of pyridine rings is 2. The highest BCUT2D eigenvalue weighted by Crippen LogP contribution is 2.38. The number of ether oxygens (including phenoxy) is 1. The predicted molar refractivity (Wildman–Crippen MR) is 250 cm³/mol. The Bertz CT molecular complexity index is 2230. The van der Waals surface area contributed by atoms with Gasteiger partial charge in [-0.1, -0.05) is 53.1 Å². The topological polar surface area (TPSA) is 251 Å². The fourth-order valence-electron chi connectivity index (χ4n) is 7.57. The number of aliphatic imine (C=N–C) groups is 2. The lowest BCUT2D eigenvalue weighted by atomic mass is 9.76. The molecule has 0 aromatic carbocycles. The maximum atomic E-state index is 12.6. The molecular weight excluding hydrogens is 855 g/mol. The summed E-state index contributed by atoms with van der Waals surface area (Å²) in [6, 6.07) is 3.05. The number of hydrogen-bond donors (Lipinski definition) is 5. The number of carboxylic acids is 2. The average Bonchev–Trinajstić information content (AvgIpc) is 3.77. The van der Waals surface area contributed by atoms with Gasteiger partial charge in [0.15, 0.2) is 17.5 Å². The minimum absolute atomic E-state index is 0.00167. The second kappa shape index (κ2) is 23.1. The fourth-order valence-corrected chi connectivity index (χ4v) is 8.85. The van der Waals surface area contributed by atoms with Crippen molar-refractivity contribution in [2.45, 2.75) is 125 Å². The number of carbonyl (C=O) groups excluding carboxylic acids is 3. The number of amides is 2. The molecule has 5 N–H and O–H groups in total. The minimum atomic E-state index is -1.13. The van der Waals surface area contributed by atoms with Crippen LogP contribution in [0, 0.1) is 23.7 Å². The zero-order valence-electron chi connectivity index (χ0n) is 39.2. The summed E-state index contributed by atoms with van der Waals surface area (Å²) in [5, 5.41) is 38.5. The first-order chi connectivity index (χ1) is 30.7. The molecule has 1 aliphatic carbocycles. The number of carbonyl (C=O) groups is 5. The SMILES string of the molecule is CCC/C(=N\OCC)C1=C(O)CC(C2CCCSC2)CC1=O.CCc1cnc(C2=NC(C)(C(C)C)C(=O)N2)c(C(=O)O)c1.COCc1cnc(C2=NC(C)(C(C)C)C(=O)N2)c(C(=O)O)c1. The molecule has 4 aliphatic rings. The number of allylic oxidation sites excluding steroid dienone is 2. The number of nitrogens with zero attached hydrogens (tertiary/aromatic N) is 5. The van der Waals surface area contributed by atoms with Gasteiger partial charge in [-0.05, 0) is 105 Å². The Morgan fingerprint density at radius 1 is 0.862 bits per heavy atom. The molecule has 0 bridgehead atoms. The third kappa shape index (κ3) is 12.4. The number of rotatable bonds is 15. The Morgan fingerprint density at radius 2 is 1.40 bits per heavy atom. The van der Waals surface area contributed by atoms with E-state index in [9.17, 15) is 39.3 Å². The van der Waals surface area contributed by atoms with Crippen molar-refractivity contribution in [3.8, 4) is 0 Å². The van der Waals surface area contributed by atoms with Crippen molar-refractivity contribution in [2.75, 3.05) is 25.2 Å². The van der Waals surface area contributed by atoms with E-state index in [1.54, 1.807) is 26.1 Å². The first kappa shape index (κ1) is 52.1. The molecule has 6 rings (SSSR count). The van der Waals surface area contributed by atoms with E-state index in [2.05, 4.69) is 35.7 Å². The molecule has 5 heterocycles. The Labute approximate surface area is 385 Å². The summed E-state index contributed by atoms with van der Waals surface area (Å²) >= 11 is 1.97. The van der Waals surface area contributed by atoms with Gasteiger partial charge in [0.05, 0.1) is 29.0 Å². The van der Waals surface area contributed by atoms with Crippen molar-refractivity contribution in [1.29, 1.82) is 0 Å². The largest absolute Gasteiger partial charge is 0.511 e. The number of carboxylic acid groups (broad SMARTS) is 2. The lowest BCUT2D eigenvalue weighted by Crippen LogP contribution is -2.41. The van der Waals surface area contributed by atoms with Gasteiger partial charge in [-0.25, -0.2) is 19.6 Å². The number of aromatic carboxylic acids is 2. The molecule has 2 amide bonds. The lowest BCUT2D eigenvalue weighted by molar-refractivity contribution is -0.125. The van der Waals surface area contributed by atoms with Crippen LogP contribution in [-0.2, 0) is 37.0 Å². The standard InChI is InChI=1S/C17H27NO3S.C15H19N3O4.C15H19N3O3/c1-3-6-14(18-21-4-2)17-15(19)9-13(10-16(17)20)12-7-5-8-22-11-12;1-8(2)15(3)14(21)17-12(18-15)11-10(13(19)20)5-9(6-16-11)7-22-4;1-5-9-6-10(13(19)20)11(16-7-9)12-17-14(21)15(4,18-12)8(2)3/h12-13,19H,3-11H2,1-2H3;5-6,8H,7H2,1-4H3,(H,19,20)(H,17,18,21);6-8H,5H2,1-4H3,(H,19,20)(H,17,18,21)/b18-14+;;. The zero-order chi connectivity index (χ0) is 48.2. The second-order valence-electron chi connectivity index (χ2n) is 17.4. The van der Waals surface area contributed by atoms with Crippen molar-refractivity contribution in [3.05, 3.63) is 69.5 Å². The number of aliphatic hydroxyl groups excluding tert-OH is 1. The van der Waals surface area contributed by atoms with Crippen LogP contribution in [-0.4, -0.2) is 109 Å². The summed E-state index contributed by atoms with van der Waals surface area (Å²) in [4.78, 5) is 82.0. The lowest BCUT2D eigenvalue weighted by Gasteiger charge is -2.32. The molecule has 354 valence electrons. The van der Waals surface area contributed by atoms with E-state index in [1.807, 2.05) is 60.2 Å². The highest BCUT2D eigenvalue weighted by molar-refractivity contribution is 7.99. The molecule has 3 aliphatic heterocycles. The number of aliphatic hydroxyl groups is 1. The van der Waals surface area contributed by atoms with Gasteiger partial charge in [-0.15, -0.1) is 0 Å². The van der Waals surface area contributed by atoms with Crippen LogP contribution in [0.2, 0.25) is 0 Å². The molecule has 18 heteroatoms. The summed E-state index contributed by atoms with van der Waals surface area (Å²) < 4.78 is 4.98. The summed E-state index contributed by atoms with van der Waals surface area (Å²) in [6.45, 7) is 17.6. The van der Waals surface area contributed by atoms with Crippen molar-refractivity contribution in [2.24, 2.45) is 38.8 Å². The Hall–Kier alpha value is -5.49. The van der Waals surface area contributed by atoms with Crippen LogP contribution >= 0.6 is 11.8 Å². The number of hydrogen-bond acceptors (Lipinski definition) is 14. The third-order valence-corrected chi connectivity index (χ3v) is 13.5. The van der Waals surface area contributed by atoms with Crippen molar-refractivity contribution >= 4 is 58.7 Å². The quantitative estimate of drug-likeness (QED) is 0.0896. The van der Waals surface area contributed by atoms with Crippen molar-refractivity contribution < 1.29 is 48.9 Å². The van der Waals surface area contributed by atoms with Gasteiger partial charge in [0, 0.05) is 32.3 Å². The molecule has 1 saturated heterocycles. The highest BCUT2D eigenvalue weighted by Gasteiger charge is 2.44. The van der Waals surface area contributed by atoms with Crippen LogP contribution in [0.15, 0.2) is 51.0 Å².